The molecule has 4 rings (SSSR count). The van der Waals surface area contributed by atoms with E-state index in [-0.39, 0.29) is 42.1 Å². The Hall–Kier alpha value is -2.79. The molecule has 3 heterocycles. The summed E-state index contributed by atoms with van der Waals surface area (Å²) in [5.41, 5.74) is 0.237. The standard InChI is InChI=1S/C22H35F3N4O2.C8H10N2.C2H6/c1-5-8-9-14(4)29(15(6-2)7-3)18(30)12-13-26-17-11-10-16-19(22(23,24)25)21(31)28-27-20(16)17;1-6-2-3-7(4-9-6)8-5-10-8;1-2/h14-15,17,26H,5-13H2,1-4H3,(H,28,31);2-4,8,10H,5H2,1H3;1-2H3. The Bertz CT molecular complexity index is 1180. The molecule has 0 spiro atoms. The van der Waals surface area contributed by atoms with Gasteiger partial charge < -0.3 is 15.5 Å². The van der Waals surface area contributed by atoms with Gasteiger partial charge in [-0.15, -0.1) is 0 Å². The van der Waals surface area contributed by atoms with Gasteiger partial charge in [0.15, 0.2) is 0 Å². The maximum atomic E-state index is 13.3. The smallest absolute Gasteiger partial charge is 0.337 e. The van der Waals surface area contributed by atoms with E-state index in [9.17, 15) is 22.8 Å². The third kappa shape index (κ3) is 10.4. The Balaban J connectivity index is 0.000000444. The third-order valence-corrected chi connectivity index (χ3v) is 7.96. The van der Waals surface area contributed by atoms with Crippen LogP contribution in [0.2, 0.25) is 0 Å². The second kappa shape index (κ2) is 17.5. The molecule has 0 aromatic carbocycles. The molecule has 43 heavy (non-hydrogen) atoms. The van der Waals surface area contributed by atoms with Gasteiger partial charge in [-0.1, -0.05) is 53.5 Å². The van der Waals surface area contributed by atoms with Crippen LogP contribution in [0.25, 0.3) is 0 Å². The number of rotatable bonds is 12. The largest absolute Gasteiger partial charge is 0.422 e. The summed E-state index contributed by atoms with van der Waals surface area (Å²) >= 11 is 0. The Morgan fingerprint density at radius 1 is 1.19 bits per heavy atom. The zero-order valence-corrected chi connectivity index (χ0v) is 26.9. The minimum Gasteiger partial charge on any atom is -0.337 e. The number of unbranched alkanes of at least 4 members (excludes halogenated alkanes) is 1. The van der Waals surface area contributed by atoms with E-state index in [0.717, 1.165) is 44.3 Å². The van der Waals surface area contributed by atoms with Gasteiger partial charge in [0.2, 0.25) is 5.91 Å². The number of carbonyl (C=O) groups is 1. The third-order valence-electron chi connectivity index (χ3n) is 7.96. The molecule has 2 aliphatic rings. The van der Waals surface area contributed by atoms with Crippen molar-refractivity contribution >= 4 is 5.91 Å². The number of hydrogen-bond donors (Lipinski definition) is 3. The van der Waals surface area contributed by atoms with Crippen molar-refractivity contribution in [3.63, 3.8) is 0 Å². The number of nitrogens with one attached hydrogen (secondary N) is 3. The predicted molar refractivity (Wildman–Crippen MR) is 165 cm³/mol. The van der Waals surface area contributed by atoms with Crippen molar-refractivity contribution in [3.05, 3.63) is 56.8 Å². The molecule has 1 saturated heterocycles. The van der Waals surface area contributed by atoms with Crippen LogP contribution in [0.1, 0.15) is 127 Å². The molecule has 2 aromatic rings. The molecule has 0 bridgehead atoms. The van der Waals surface area contributed by atoms with E-state index >= 15 is 0 Å². The first-order valence-electron chi connectivity index (χ1n) is 15.9. The number of halogens is 3. The minimum atomic E-state index is -4.71. The second-order valence-corrected chi connectivity index (χ2v) is 11.0. The first-order valence-corrected chi connectivity index (χ1v) is 15.9. The Labute approximate surface area is 254 Å². The van der Waals surface area contributed by atoms with Crippen LogP contribution in [0.3, 0.4) is 0 Å². The van der Waals surface area contributed by atoms with Gasteiger partial charge in [0, 0.05) is 49.5 Å². The van der Waals surface area contributed by atoms with Gasteiger partial charge in [-0.05, 0) is 63.1 Å². The zero-order chi connectivity index (χ0) is 32.2. The van der Waals surface area contributed by atoms with Crippen LogP contribution in [0.15, 0.2) is 23.1 Å². The van der Waals surface area contributed by atoms with Crippen LogP contribution in [0.4, 0.5) is 13.2 Å². The number of hydrogen-bond acceptors (Lipinski definition) is 6. The van der Waals surface area contributed by atoms with Gasteiger partial charge >= 0.3 is 6.18 Å². The molecule has 8 nitrogen and oxygen atoms in total. The van der Waals surface area contributed by atoms with Gasteiger partial charge in [0.05, 0.1) is 11.7 Å². The molecule has 1 aliphatic carbocycles. The highest BCUT2D eigenvalue weighted by Gasteiger charge is 2.41. The van der Waals surface area contributed by atoms with Crippen LogP contribution < -0.4 is 16.2 Å². The van der Waals surface area contributed by atoms with Crippen LogP contribution >= 0.6 is 0 Å². The fourth-order valence-corrected chi connectivity index (χ4v) is 5.56. The molecule has 1 amide bonds. The molecule has 3 N–H and O–H groups in total. The molecule has 3 atom stereocenters. The molecule has 11 heteroatoms. The van der Waals surface area contributed by atoms with E-state index < -0.39 is 23.3 Å². The average molecular weight is 609 g/mol. The number of aromatic nitrogens is 3. The normalized spacial score (nSPS) is 17.7. The van der Waals surface area contributed by atoms with Crippen molar-refractivity contribution in [1.82, 2.24) is 30.7 Å². The van der Waals surface area contributed by atoms with E-state index in [4.69, 9.17) is 0 Å². The zero-order valence-electron chi connectivity index (χ0n) is 26.9. The Kier molecular flexibility index (Phi) is 14.8. The summed E-state index contributed by atoms with van der Waals surface area (Å²) in [6.45, 7) is 15.9. The molecular weight excluding hydrogens is 557 g/mol. The SMILES string of the molecule is CC.CCCCC(C)N(C(=O)CCNC1CCc2c1n[nH]c(=O)c2C(F)(F)F)C(CC)CC.Cc1ccc(C2CN2)cn1. The summed E-state index contributed by atoms with van der Waals surface area (Å²) in [6, 6.07) is 4.72. The molecule has 242 valence electrons. The Morgan fingerprint density at radius 3 is 2.40 bits per heavy atom. The van der Waals surface area contributed by atoms with E-state index in [2.05, 4.69) is 60.5 Å². The quantitative estimate of drug-likeness (QED) is 0.240. The lowest BCUT2D eigenvalue weighted by Crippen LogP contribution is -2.46. The highest BCUT2D eigenvalue weighted by atomic mass is 19.4. The lowest BCUT2D eigenvalue weighted by molar-refractivity contribution is -0.139. The predicted octanol–water partition coefficient (Wildman–Crippen LogP) is 6.41. The monoisotopic (exact) mass is 608 g/mol. The number of aryl methyl sites for hydroxylation is 1. The minimum absolute atomic E-state index is 0.0353. The van der Waals surface area contributed by atoms with Crippen LogP contribution in [0, 0.1) is 6.92 Å². The van der Waals surface area contributed by atoms with Crippen molar-refractivity contribution in [2.45, 2.75) is 130 Å². The van der Waals surface area contributed by atoms with E-state index in [1.165, 1.54) is 5.56 Å². The molecule has 1 fully saturated rings. The fraction of sp³-hybridized carbons (Fsp3) is 0.688. The van der Waals surface area contributed by atoms with E-state index in [1.807, 2.05) is 37.0 Å². The average Bonchev–Trinajstić information content (AvgIpc) is 3.76. The molecule has 1 aliphatic heterocycles. The lowest BCUT2D eigenvalue weighted by Gasteiger charge is -2.36. The van der Waals surface area contributed by atoms with E-state index in [1.54, 1.807) is 0 Å². The molecular formula is C32H51F3N6O2. The number of fused-ring (bicyclic) bond motifs is 1. The highest BCUT2D eigenvalue weighted by molar-refractivity contribution is 5.77. The maximum absolute atomic E-state index is 13.3. The van der Waals surface area contributed by atoms with Crippen molar-refractivity contribution in [3.8, 4) is 0 Å². The van der Waals surface area contributed by atoms with Crippen molar-refractivity contribution < 1.29 is 18.0 Å². The van der Waals surface area contributed by atoms with E-state index in [0.29, 0.717) is 19.0 Å². The van der Waals surface area contributed by atoms with Crippen LogP contribution in [-0.4, -0.2) is 51.2 Å². The summed E-state index contributed by atoms with van der Waals surface area (Å²) in [7, 11) is 0. The maximum Gasteiger partial charge on any atom is 0.422 e. The molecule has 0 saturated carbocycles. The summed E-state index contributed by atoms with van der Waals surface area (Å²) in [5, 5.41) is 12.3. The number of pyridine rings is 1. The summed E-state index contributed by atoms with van der Waals surface area (Å²) in [5.74, 6) is 0.0634. The van der Waals surface area contributed by atoms with Crippen LogP contribution in [-0.2, 0) is 17.4 Å². The fourth-order valence-electron chi connectivity index (χ4n) is 5.56. The number of H-pyrrole nitrogens is 1. The van der Waals surface area contributed by atoms with Gasteiger partial charge in [-0.25, -0.2) is 5.10 Å². The lowest BCUT2D eigenvalue weighted by atomic mass is 10.0. The second-order valence-electron chi connectivity index (χ2n) is 11.0. The number of alkyl halides is 3. The van der Waals surface area contributed by atoms with Gasteiger partial charge in [0.25, 0.3) is 5.56 Å². The molecule has 0 radical (unpaired) electrons. The number of nitrogens with zero attached hydrogens (tertiary/aromatic N) is 3. The van der Waals surface area contributed by atoms with Crippen molar-refractivity contribution in [2.24, 2.45) is 0 Å². The first kappa shape index (κ1) is 36.4. The summed E-state index contributed by atoms with van der Waals surface area (Å²) < 4.78 is 39.8. The summed E-state index contributed by atoms with van der Waals surface area (Å²) in [4.78, 5) is 30.9. The van der Waals surface area contributed by atoms with Gasteiger partial charge in [-0.3, -0.25) is 14.6 Å². The van der Waals surface area contributed by atoms with Gasteiger partial charge in [0.1, 0.15) is 5.56 Å². The number of carbonyl (C=O) groups excluding carboxylic acids is 1. The summed E-state index contributed by atoms with van der Waals surface area (Å²) in [6.07, 6.45) is 2.93. The van der Waals surface area contributed by atoms with Crippen LogP contribution in [0.5, 0.6) is 0 Å². The van der Waals surface area contributed by atoms with Crippen molar-refractivity contribution in [1.29, 1.82) is 0 Å². The number of aromatic amines is 1. The highest BCUT2D eigenvalue weighted by Crippen LogP contribution is 2.37. The molecule has 2 aromatic heterocycles. The molecule has 3 unspecified atom stereocenters. The topological polar surface area (TPSA) is 113 Å². The number of amides is 1. The Morgan fingerprint density at radius 2 is 1.86 bits per heavy atom. The van der Waals surface area contributed by atoms with Crippen molar-refractivity contribution in [2.75, 3.05) is 13.1 Å². The first-order chi connectivity index (χ1) is 20.5. The van der Waals surface area contributed by atoms with Gasteiger partial charge in [-0.2, -0.15) is 18.3 Å².